The minimum Gasteiger partial charge on any atom is -0.467 e. The lowest BCUT2D eigenvalue weighted by Crippen LogP contribution is -2.16. The van der Waals surface area contributed by atoms with E-state index in [0.29, 0.717) is 15.7 Å². The monoisotopic (exact) mass is 309 g/mol. The maximum Gasteiger partial charge on any atom is 0.339 e. The van der Waals surface area contributed by atoms with Gasteiger partial charge in [0.2, 0.25) is 0 Å². The van der Waals surface area contributed by atoms with Gasteiger partial charge >= 0.3 is 5.97 Å². The first kappa shape index (κ1) is 13.0. The number of fused-ring (bicyclic) bond motifs is 1. The average molecular weight is 310 g/mol. The Labute approximate surface area is 113 Å². The number of aromatic nitrogens is 1. The SMILES string of the molecule is COC(=O)[C@@H](O)c1c(C)nc2ccccc2c1Br. The van der Waals surface area contributed by atoms with Crippen LogP contribution >= 0.6 is 15.9 Å². The summed E-state index contributed by atoms with van der Waals surface area (Å²) in [6, 6.07) is 7.51. The number of methoxy groups -OCH3 is 1. The first-order valence-electron chi connectivity index (χ1n) is 5.37. The third-order valence-electron chi connectivity index (χ3n) is 2.75. The van der Waals surface area contributed by atoms with Crippen molar-refractivity contribution in [3.63, 3.8) is 0 Å². The molecule has 0 amide bonds. The lowest BCUT2D eigenvalue weighted by atomic mass is 10.0. The number of benzene rings is 1. The Kier molecular flexibility index (Phi) is 3.63. The van der Waals surface area contributed by atoms with Crippen molar-refractivity contribution in [2.75, 3.05) is 7.11 Å². The second kappa shape index (κ2) is 5.04. The summed E-state index contributed by atoms with van der Waals surface area (Å²) in [7, 11) is 1.24. The molecule has 0 spiro atoms. The quantitative estimate of drug-likeness (QED) is 0.866. The van der Waals surface area contributed by atoms with Crippen LogP contribution in [0.15, 0.2) is 28.7 Å². The van der Waals surface area contributed by atoms with Gasteiger partial charge in [-0.1, -0.05) is 18.2 Å². The number of nitrogens with zero attached hydrogens (tertiary/aromatic N) is 1. The van der Waals surface area contributed by atoms with Gasteiger partial charge in [0.1, 0.15) is 0 Å². The number of aryl methyl sites for hydroxylation is 1. The van der Waals surface area contributed by atoms with Gasteiger partial charge in [0, 0.05) is 21.1 Å². The molecule has 0 saturated heterocycles. The van der Waals surface area contributed by atoms with Crippen molar-refractivity contribution < 1.29 is 14.6 Å². The summed E-state index contributed by atoms with van der Waals surface area (Å²) in [5.74, 6) is -0.698. The van der Waals surface area contributed by atoms with Crippen molar-refractivity contribution in [1.29, 1.82) is 0 Å². The van der Waals surface area contributed by atoms with Crippen molar-refractivity contribution in [3.05, 3.63) is 40.0 Å². The van der Waals surface area contributed by atoms with Gasteiger partial charge in [-0.2, -0.15) is 0 Å². The van der Waals surface area contributed by atoms with Gasteiger partial charge in [0.15, 0.2) is 6.10 Å². The molecule has 5 heteroatoms. The van der Waals surface area contributed by atoms with E-state index in [-0.39, 0.29) is 0 Å². The van der Waals surface area contributed by atoms with Crippen molar-refractivity contribution >= 4 is 32.8 Å². The molecule has 1 aromatic carbocycles. The number of halogens is 1. The number of hydrogen-bond acceptors (Lipinski definition) is 4. The Morgan fingerprint density at radius 3 is 2.78 bits per heavy atom. The topological polar surface area (TPSA) is 59.4 Å². The van der Waals surface area contributed by atoms with Gasteiger partial charge < -0.3 is 9.84 Å². The van der Waals surface area contributed by atoms with Crippen LogP contribution in [0.1, 0.15) is 17.4 Å². The molecule has 1 N–H and O–H groups in total. The van der Waals surface area contributed by atoms with Crippen molar-refractivity contribution in [2.24, 2.45) is 0 Å². The van der Waals surface area contributed by atoms with Crippen LogP contribution in [-0.4, -0.2) is 23.2 Å². The first-order valence-corrected chi connectivity index (χ1v) is 6.16. The zero-order valence-electron chi connectivity index (χ0n) is 9.98. The number of hydrogen-bond donors (Lipinski definition) is 1. The molecule has 2 rings (SSSR count). The Bertz CT molecular complexity index is 612. The lowest BCUT2D eigenvalue weighted by Gasteiger charge is -2.15. The number of esters is 1. The maximum atomic E-state index is 11.4. The van der Waals surface area contributed by atoms with Gasteiger partial charge in [0.25, 0.3) is 0 Å². The molecule has 0 radical (unpaired) electrons. The molecule has 18 heavy (non-hydrogen) atoms. The molecule has 0 saturated carbocycles. The highest BCUT2D eigenvalue weighted by atomic mass is 79.9. The molecule has 2 aromatic rings. The predicted molar refractivity (Wildman–Crippen MR) is 71.2 cm³/mol. The molecule has 0 fully saturated rings. The van der Waals surface area contributed by atoms with E-state index < -0.39 is 12.1 Å². The van der Waals surface area contributed by atoms with E-state index in [9.17, 15) is 9.90 Å². The zero-order chi connectivity index (χ0) is 13.3. The molecule has 94 valence electrons. The molecular formula is C13H12BrNO3. The third kappa shape index (κ3) is 2.11. The fourth-order valence-corrected chi connectivity index (χ4v) is 2.69. The second-order valence-electron chi connectivity index (χ2n) is 3.87. The van der Waals surface area contributed by atoms with E-state index in [1.54, 1.807) is 6.92 Å². The number of rotatable bonds is 2. The fourth-order valence-electron chi connectivity index (χ4n) is 1.85. The van der Waals surface area contributed by atoms with Crippen LogP contribution in [0.4, 0.5) is 0 Å². The second-order valence-corrected chi connectivity index (χ2v) is 4.66. The Hall–Kier alpha value is -1.46. The van der Waals surface area contributed by atoms with E-state index in [4.69, 9.17) is 0 Å². The van der Waals surface area contributed by atoms with Gasteiger partial charge in [0.05, 0.1) is 12.6 Å². The minimum absolute atomic E-state index is 0.445. The Balaban J connectivity index is 2.67. The molecular weight excluding hydrogens is 298 g/mol. The molecule has 0 aliphatic carbocycles. The summed E-state index contributed by atoms with van der Waals surface area (Å²) in [4.78, 5) is 15.8. The summed E-state index contributed by atoms with van der Waals surface area (Å²) >= 11 is 3.42. The van der Waals surface area contributed by atoms with E-state index in [2.05, 4.69) is 25.7 Å². The van der Waals surface area contributed by atoms with E-state index in [0.717, 1.165) is 10.9 Å². The maximum absolute atomic E-state index is 11.4. The highest BCUT2D eigenvalue weighted by Crippen LogP contribution is 2.32. The smallest absolute Gasteiger partial charge is 0.339 e. The number of aliphatic hydroxyl groups excluding tert-OH is 1. The van der Waals surface area contributed by atoms with Crippen LogP contribution < -0.4 is 0 Å². The normalized spacial score (nSPS) is 12.4. The largest absolute Gasteiger partial charge is 0.467 e. The standard InChI is InChI=1S/C13H12BrNO3/c1-7-10(12(16)13(17)18-2)11(14)8-5-3-4-6-9(8)15-7/h3-6,12,16H,1-2H3/t12-/m0/s1. The molecule has 0 aliphatic rings. The fraction of sp³-hybridized carbons (Fsp3) is 0.231. The summed E-state index contributed by atoms with van der Waals surface area (Å²) in [6.45, 7) is 1.75. The van der Waals surface area contributed by atoms with E-state index >= 15 is 0 Å². The number of aliphatic hydroxyl groups is 1. The molecule has 1 atom stereocenters. The van der Waals surface area contributed by atoms with Crippen molar-refractivity contribution in [3.8, 4) is 0 Å². The third-order valence-corrected chi connectivity index (χ3v) is 3.61. The Morgan fingerprint density at radius 2 is 2.11 bits per heavy atom. The molecule has 1 aromatic heterocycles. The van der Waals surface area contributed by atoms with Crippen molar-refractivity contribution in [1.82, 2.24) is 4.98 Å². The van der Waals surface area contributed by atoms with Gasteiger partial charge in [-0.15, -0.1) is 0 Å². The van der Waals surface area contributed by atoms with E-state index in [1.807, 2.05) is 24.3 Å². The minimum atomic E-state index is -1.33. The number of ether oxygens (including phenoxy) is 1. The molecule has 0 bridgehead atoms. The highest BCUT2D eigenvalue weighted by molar-refractivity contribution is 9.10. The lowest BCUT2D eigenvalue weighted by molar-refractivity contribution is -0.150. The summed E-state index contributed by atoms with van der Waals surface area (Å²) in [5.41, 5.74) is 1.85. The van der Waals surface area contributed by atoms with Gasteiger partial charge in [-0.25, -0.2) is 4.79 Å². The average Bonchev–Trinajstić information content (AvgIpc) is 2.37. The van der Waals surface area contributed by atoms with Gasteiger partial charge in [-0.05, 0) is 28.9 Å². The van der Waals surface area contributed by atoms with Crippen LogP contribution in [-0.2, 0) is 9.53 Å². The van der Waals surface area contributed by atoms with Gasteiger partial charge in [-0.3, -0.25) is 4.98 Å². The highest BCUT2D eigenvalue weighted by Gasteiger charge is 2.24. The van der Waals surface area contributed by atoms with Crippen LogP contribution in [0.5, 0.6) is 0 Å². The molecule has 1 heterocycles. The molecule has 0 aliphatic heterocycles. The predicted octanol–water partition coefficient (Wildman–Crippen LogP) is 2.51. The number of carbonyl (C=O) groups is 1. The summed E-state index contributed by atoms with van der Waals surface area (Å²) in [5, 5.41) is 10.8. The zero-order valence-corrected chi connectivity index (χ0v) is 11.6. The first-order chi connectivity index (χ1) is 8.56. The van der Waals surface area contributed by atoms with Crippen LogP contribution in [0.25, 0.3) is 10.9 Å². The van der Waals surface area contributed by atoms with Crippen molar-refractivity contribution in [2.45, 2.75) is 13.0 Å². The van der Waals surface area contributed by atoms with Crippen LogP contribution in [0, 0.1) is 6.92 Å². The Morgan fingerprint density at radius 1 is 1.44 bits per heavy atom. The van der Waals surface area contributed by atoms with E-state index in [1.165, 1.54) is 7.11 Å². The molecule has 4 nitrogen and oxygen atoms in total. The van der Waals surface area contributed by atoms with Crippen LogP contribution in [0.2, 0.25) is 0 Å². The number of para-hydroxylation sites is 1. The summed E-state index contributed by atoms with van der Waals surface area (Å²) < 4.78 is 5.22. The summed E-state index contributed by atoms with van der Waals surface area (Å²) in [6.07, 6.45) is -1.33. The number of carbonyl (C=O) groups excluding carboxylic acids is 1. The van der Waals surface area contributed by atoms with Crippen LogP contribution in [0.3, 0.4) is 0 Å². The number of pyridine rings is 1. The molecule has 0 unspecified atom stereocenters.